The SMILES string of the molecule is NCc1cc(Cl)cc(Cl)c1OCCO. The molecule has 0 spiro atoms. The number of aliphatic hydroxyl groups is 1. The van der Waals surface area contributed by atoms with E-state index in [-0.39, 0.29) is 13.2 Å². The molecule has 1 rings (SSSR count). The topological polar surface area (TPSA) is 55.5 Å². The number of benzene rings is 1. The second-order valence-corrected chi connectivity index (χ2v) is 3.50. The van der Waals surface area contributed by atoms with E-state index in [0.29, 0.717) is 22.3 Å². The molecule has 0 amide bonds. The van der Waals surface area contributed by atoms with Crippen LogP contribution in [-0.4, -0.2) is 18.3 Å². The van der Waals surface area contributed by atoms with Gasteiger partial charge in [-0.1, -0.05) is 23.2 Å². The molecule has 0 saturated carbocycles. The maximum atomic E-state index is 8.61. The van der Waals surface area contributed by atoms with Gasteiger partial charge in [0.25, 0.3) is 0 Å². The summed E-state index contributed by atoms with van der Waals surface area (Å²) in [5, 5.41) is 9.54. The highest BCUT2D eigenvalue weighted by Gasteiger charge is 2.09. The fourth-order valence-corrected chi connectivity index (χ4v) is 1.66. The highest BCUT2D eigenvalue weighted by molar-refractivity contribution is 6.35. The Morgan fingerprint density at radius 1 is 1.36 bits per heavy atom. The third kappa shape index (κ3) is 2.75. The lowest BCUT2D eigenvalue weighted by Crippen LogP contribution is -2.06. The van der Waals surface area contributed by atoms with Crippen LogP contribution < -0.4 is 10.5 Å². The molecule has 0 radical (unpaired) electrons. The fraction of sp³-hybridized carbons (Fsp3) is 0.333. The number of halogens is 2. The van der Waals surface area contributed by atoms with Crippen LogP contribution in [0.2, 0.25) is 10.0 Å². The Morgan fingerprint density at radius 3 is 2.64 bits per heavy atom. The summed E-state index contributed by atoms with van der Waals surface area (Å²) in [5.41, 5.74) is 6.23. The van der Waals surface area contributed by atoms with Gasteiger partial charge in [-0.3, -0.25) is 0 Å². The van der Waals surface area contributed by atoms with E-state index < -0.39 is 0 Å². The number of ether oxygens (including phenoxy) is 1. The number of nitrogens with two attached hydrogens (primary N) is 1. The van der Waals surface area contributed by atoms with Crippen molar-refractivity contribution in [2.24, 2.45) is 5.73 Å². The van der Waals surface area contributed by atoms with Crippen molar-refractivity contribution in [3.8, 4) is 5.75 Å². The average molecular weight is 236 g/mol. The van der Waals surface area contributed by atoms with Crippen molar-refractivity contribution in [2.75, 3.05) is 13.2 Å². The van der Waals surface area contributed by atoms with E-state index in [1.165, 1.54) is 0 Å². The standard InChI is InChI=1S/C9H11Cl2NO2/c10-7-3-6(5-12)9(8(11)4-7)14-2-1-13/h3-4,13H,1-2,5,12H2. The summed E-state index contributed by atoms with van der Waals surface area (Å²) in [6.07, 6.45) is 0. The largest absolute Gasteiger partial charge is 0.489 e. The average Bonchev–Trinajstić information content (AvgIpc) is 2.15. The van der Waals surface area contributed by atoms with Crippen molar-refractivity contribution in [3.63, 3.8) is 0 Å². The molecule has 0 heterocycles. The van der Waals surface area contributed by atoms with Gasteiger partial charge in [0.2, 0.25) is 0 Å². The van der Waals surface area contributed by atoms with Gasteiger partial charge < -0.3 is 15.6 Å². The Bertz CT molecular complexity index is 318. The van der Waals surface area contributed by atoms with E-state index in [9.17, 15) is 0 Å². The summed E-state index contributed by atoms with van der Waals surface area (Å²) in [7, 11) is 0. The maximum absolute atomic E-state index is 8.61. The van der Waals surface area contributed by atoms with Crippen LogP contribution in [0.5, 0.6) is 5.75 Å². The quantitative estimate of drug-likeness (QED) is 0.838. The molecule has 1 aromatic rings. The van der Waals surface area contributed by atoms with Crippen LogP contribution in [0.3, 0.4) is 0 Å². The summed E-state index contributed by atoms with van der Waals surface area (Å²) in [6, 6.07) is 3.27. The predicted octanol–water partition coefficient (Wildman–Crippen LogP) is 1.82. The molecule has 1 aromatic carbocycles. The van der Waals surface area contributed by atoms with Crippen LogP contribution in [0.25, 0.3) is 0 Å². The number of hydrogen-bond donors (Lipinski definition) is 2. The summed E-state index contributed by atoms with van der Waals surface area (Å²) in [4.78, 5) is 0. The van der Waals surface area contributed by atoms with Crippen molar-refractivity contribution in [1.29, 1.82) is 0 Å². The van der Waals surface area contributed by atoms with Gasteiger partial charge in [0, 0.05) is 17.1 Å². The van der Waals surface area contributed by atoms with Gasteiger partial charge in [0.15, 0.2) is 0 Å². The van der Waals surface area contributed by atoms with Crippen LogP contribution in [0, 0.1) is 0 Å². The maximum Gasteiger partial charge on any atom is 0.142 e. The minimum Gasteiger partial charge on any atom is -0.489 e. The Labute approximate surface area is 92.4 Å². The Hall–Kier alpha value is -0.480. The van der Waals surface area contributed by atoms with Gasteiger partial charge >= 0.3 is 0 Å². The molecule has 14 heavy (non-hydrogen) atoms. The van der Waals surface area contributed by atoms with Gasteiger partial charge in [0.1, 0.15) is 12.4 Å². The van der Waals surface area contributed by atoms with E-state index in [4.69, 9.17) is 38.8 Å². The second-order valence-electron chi connectivity index (χ2n) is 2.65. The van der Waals surface area contributed by atoms with E-state index in [2.05, 4.69) is 0 Å². The number of aliphatic hydroxyl groups excluding tert-OH is 1. The molecule has 0 aliphatic heterocycles. The normalized spacial score (nSPS) is 10.3. The summed E-state index contributed by atoms with van der Waals surface area (Å²) in [6.45, 7) is 0.415. The summed E-state index contributed by atoms with van der Waals surface area (Å²) >= 11 is 11.7. The third-order valence-electron chi connectivity index (χ3n) is 1.64. The Balaban J connectivity index is 2.99. The first-order valence-electron chi connectivity index (χ1n) is 4.10. The zero-order valence-electron chi connectivity index (χ0n) is 7.46. The van der Waals surface area contributed by atoms with Gasteiger partial charge in [-0.05, 0) is 12.1 Å². The predicted molar refractivity (Wildman–Crippen MR) is 56.9 cm³/mol. The van der Waals surface area contributed by atoms with Crippen LogP contribution in [-0.2, 0) is 6.54 Å². The third-order valence-corrected chi connectivity index (χ3v) is 2.14. The van der Waals surface area contributed by atoms with Crippen molar-refractivity contribution < 1.29 is 9.84 Å². The van der Waals surface area contributed by atoms with Crippen molar-refractivity contribution in [2.45, 2.75) is 6.54 Å². The molecule has 0 aromatic heterocycles. The minimum atomic E-state index is -0.0665. The zero-order valence-corrected chi connectivity index (χ0v) is 8.98. The van der Waals surface area contributed by atoms with Crippen LogP contribution in [0.4, 0.5) is 0 Å². The first-order chi connectivity index (χ1) is 6.69. The Kier molecular flexibility index (Phi) is 4.48. The monoisotopic (exact) mass is 235 g/mol. The molecular weight excluding hydrogens is 225 g/mol. The highest BCUT2D eigenvalue weighted by Crippen LogP contribution is 2.32. The lowest BCUT2D eigenvalue weighted by atomic mass is 10.2. The highest BCUT2D eigenvalue weighted by atomic mass is 35.5. The van der Waals surface area contributed by atoms with E-state index in [1.54, 1.807) is 12.1 Å². The van der Waals surface area contributed by atoms with Gasteiger partial charge in [-0.2, -0.15) is 0 Å². The smallest absolute Gasteiger partial charge is 0.142 e. The molecule has 78 valence electrons. The molecule has 0 fully saturated rings. The van der Waals surface area contributed by atoms with Crippen LogP contribution in [0.15, 0.2) is 12.1 Å². The van der Waals surface area contributed by atoms with Gasteiger partial charge in [-0.25, -0.2) is 0 Å². The Morgan fingerprint density at radius 2 is 2.07 bits per heavy atom. The molecule has 5 heteroatoms. The van der Waals surface area contributed by atoms with Crippen molar-refractivity contribution >= 4 is 23.2 Å². The zero-order chi connectivity index (χ0) is 10.6. The molecule has 0 unspecified atom stereocenters. The van der Waals surface area contributed by atoms with E-state index >= 15 is 0 Å². The molecular formula is C9H11Cl2NO2. The first kappa shape index (κ1) is 11.6. The van der Waals surface area contributed by atoms with Crippen LogP contribution in [0.1, 0.15) is 5.56 Å². The van der Waals surface area contributed by atoms with Gasteiger partial charge in [0.05, 0.1) is 11.6 Å². The summed E-state index contributed by atoms with van der Waals surface area (Å²) < 4.78 is 5.24. The molecule has 3 nitrogen and oxygen atoms in total. The lowest BCUT2D eigenvalue weighted by molar-refractivity contribution is 0.200. The second kappa shape index (κ2) is 5.41. The molecule has 0 atom stereocenters. The number of hydrogen-bond acceptors (Lipinski definition) is 3. The van der Waals surface area contributed by atoms with Crippen molar-refractivity contribution in [3.05, 3.63) is 27.7 Å². The van der Waals surface area contributed by atoms with Gasteiger partial charge in [-0.15, -0.1) is 0 Å². The molecule has 0 aliphatic rings. The summed E-state index contributed by atoms with van der Waals surface area (Å²) in [5.74, 6) is 0.493. The van der Waals surface area contributed by atoms with E-state index in [0.717, 1.165) is 5.56 Å². The molecule has 0 aliphatic carbocycles. The minimum absolute atomic E-state index is 0.0665. The molecule has 0 bridgehead atoms. The number of rotatable bonds is 4. The van der Waals surface area contributed by atoms with Crippen LogP contribution >= 0.6 is 23.2 Å². The van der Waals surface area contributed by atoms with E-state index in [1.807, 2.05) is 0 Å². The molecule has 0 saturated heterocycles. The van der Waals surface area contributed by atoms with Crippen molar-refractivity contribution in [1.82, 2.24) is 0 Å². The molecule has 3 N–H and O–H groups in total. The fourth-order valence-electron chi connectivity index (χ4n) is 1.07. The lowest BCUT2D eigenvalue weighted by Gasteiger charge is -2.11. The first-order valence-corrected chi connectivity index (χ1v) is 4.86.